The highest BCUT2D eigenvalue weighted by Crippen LogP contribution is 2.50. The van der Waals surface area contributed by atoms with Crippen LogP contribution in [-0.4, -0.2) is 0 Å². The van der Waals surface area contributed by atoms with E-state index in [1.54, 1.807) is 0 Å². The first-order chi connectivity index (χ1) is 39.2. The summed E-state index contributed by atoms with van der Waals surface area (Å²) in [4.78, 5) is 0. The summed E-state index contributed by atoms with van der Waals surface area (Å²) in [5.41, 5.74) is 19.2. The van der Waals surface area contributed by atoms with Crippen LogP contribution in [0.15, 0.2) is 280 Å². The lowest BCUT2D eigenvalue weighted by Crippen LogP contribution is -1.91. The maximum Gasteiger partial charge on any atom is 0.143 e. The highest BCUT2D eigenvalue weighted by molar-refractivity contribution is 6.26. The molecule has 0 amide bonds. The largest absolute Gasteiger partial charge is 0.456 e. The molecular formula is C76H44O3. The monoisotopic (exact) mass is 1000 g/mol. The van der Waals surface area contributed by atoms with Crippen molar-refractivity contribution in [3.8, 4) is 66.8 Å². The minimum atomic E-state index is 0.852. The molecule has 3 heterocycles. The third kappa shape index (κ3) is 6.67. The van der Waals surface area contributed by atoms with Crippen molar-refractivity contribution in [2.45, 2.75) is 0 Å². The molecule has 0 atom stereocenters. The molecule has 17 aromatic rings. The van der Waals surface area contributed by atoms with E-state index in [2.05, 4.69) is 267 Å². The average molecular weight is 1010 g/mol. The summed E-state index contributed by atoms with van der Waals surface area (Å²) < 4.78 is 20.2. The zero-order valence-electron chi connectivity index (χ0n) is 42.6. The summed E-state index contributed by atoms with van der Waals surface area (Å²) >= 11 is 0. The fraction of sp³-hybridized carbons (Fsp3) is 0. The minimum Gasteiger partial charge on any atom is -0.456 e. The van der Waals surface area contributed by atoms with Crippen molar-refractivity contribution in [1.29, 1.82) is 0 Å². The third-order valence-corrected chi connectivity index (χ3v) is 16.6. The molecule has 79 heavy (non-hydrogen) atoms. The minimum absolute atomic E-state index is 0.852. The lowest BCUT2D eigenvalue weighted by Gasteiger charge is -2.18. The maximum atomic E-state index is 7.24. The van der Waals surface area contributed by atoms with Crippen molar-refractivity contribution in [3.05, 3.63) is 267 Å². The van der Waals surface area contributed by atoms with Crippen LogP contribution in [0.4, 0.5) is 0 Å². The molecule has 3 aromatic heterocycles. The van der Waals surface area contributed by atoms with Crippen LogP contribution in [0, 0.1) is 0 Å². The van der Waals surface area contributed by atoms with Crippen molar-refractivity contribution < 1.29 is 13.3 Å². The normalized spacial score (nSPS) is 12.1. The van der Waals surface area contributed by atoms with E-state index in [1.807, 2.05) is 0 Å². The van der Waals surface area contributed by atoms with E-state index in [4.69, 9.17) is 13.3 Å². The Balaban J connectivity index is 0.821. The highest BCUT2D eigenvalue weighted by atomic mass is 16.3. The summed E-state index contributed by atoms with van der Waals surface area (Å²) in [7, 11) is 0. The second-order valence-electron chi connectivity index (χ2n) is 21.0. The molecule has 0 aliphatic carbocycles. The van der Waals surface area contributed by atoms with Gasteiger partial charge in [-0.15, -0.1) is 0 Å². The SMILES string of the molecule is c1ccc(-c2ccc3oc4ccc(-c5c6ccccc6c(-c6ccc7c(c6)oc6c(-c8c9ccccc9c(-c9ccc%10oc%11ccc(-c%12ccccc%12)cc%11c%10c9)c9ccccc89)cccc67)c6ccccc56)cc4c3c2)cc1. The van der Waals surface area contributed by atoms with Gasteiger partial charge >= 0.3 is 0 Å². The molecule has 0 aliphatic rings. The summed E-state index contributed by atoms with van der Waals surface area (Å²) in [5, 5.41) is 16.1. The Morgan fingerprint density at radius 1 is 0.165 bits per heavy atom. The average Bonchev–Trinajstić information content (AvgIpc) is 4.24. The van der Waals surface area contributed by atoms with Crippen LogP contribution in [0.1, 0.15) is 0 Å². The Morgan fingerprint density at radius 3 is 0.911 bits per heavy atom. The number of para-hydroxylation sites is 1. The number of rotatable bonds is 6. The molecule has 14 aromatic carbocycles. The van der Waals surface area contributed by atoms with Gasteiger partial charge in [0, 0.05) is 43.4 Å². The summed E-state index contributed by atoms with van der Waals surface area (Å²) in [6.45, 7) is 0. The van der Waals surface area contributed by atoms with Crippen molar-refractivity contribution >= 4 is 109 Å². The van der Waals surface area contributed by atoms with Crippen molar-refractivity contribution in [2.75, 3.05) is 0 Å². The molecule has 0 fully saturated rings. The van der Waals surface area contributed by atoms with Crippen LogP contribution in [0.3, 0.4) is 0 Å². The zero-order chi connectivity index (χ0) is 51.7. The second kappa shape index (κ2) is 17.0. The van der Waals surface area contributed by atoms with Gasteiger partial charge in [0.25, 0.3) is 0 Å². The zero-order valence-corrected chi connectivity index (χ0v) is 42.6. The van der Waals surface area contributed by atoms with E-state index in [1.165, 1.54) is 82.0 Å². The van der Waals surface area contributed by atoms with Gasteiger partial charge in [-0.1, -0.05) is 206 Å². The van der Waals surface area contributed by atoms with Gasteiger partial charge in [-0.05, 0) is 159 Å². The Bertz CT molecular complexity index is 5250. The second-order valence-corrected chi connectivity index (χ2v) is 21.0. The predicted octanol–water partition coefficient (Wildman–Crippen LogP) is 22.0. The standard InChI is InChI=1S/C76H44O3/c1-3-16-45(17-4-1)47-31-36-67-63(40-47)65-42-49(33-38-69(65)77-67)72-53-20-7-9-22-55(53)74(56-23-10-8-21-54(56)72)51-30-35-52-61-28-15-29-62(76(61)79-71(52)44-51)75-59-26-13-11-24-57(59)73(58-25-12-14-27-60(58)75)50-34-39-70-66(43-50)64-41-48(32-37-68(64)78-70)46-18-5-2-6-19-46/h1-44H. The molecule has 0 unspecified atom stereocenters. The molecule has 366 valence electrons. The van der Waals surface area contributed by atoms with Gasteiger partial charge in [0.15, 0.2) is 0 Å². The van der Waals surface area contributed by atoms with E-state index in [0.717, 1.165) is 93.6 Å². The van der Waals surface area contributed by atoms with Gasteiger partial charge in [-0.3, -0.25) is 0 Å². The molecule has 0 aliphatic heterocycles. The third-order valence-electron chi connectivity index (χ3n) is 16.6. The molecule has 0 radical (unpaired) electrons. The van der Waals surface area contributed by atoms with Crippen LogP contribution in [-0.2, 0) is 0 Å². The lowest BCUT2D eigenvalue weighted by molar-refractivity contribution is 0.668. The van der Waals surface area contributed by atoms with Crippen molar-refractivity contribution in [2.24, 2.45) is 0 Å². The summed E-state index contributed by atoms with van der Waals surface area (Å²) in [6.07, 6.45) is 0. The Hall–Kier alpha value is -10.5. The predicted molar refractivity (Wildman–Crippen MR) is 331 cm³/mol. The Morgan fingerprint density at radius 2 is 0.494 bits per heavy atom. The van der Waals surface area contributed by atoms with Gasteiger partial charge in [0.1, 0.15) is 33.5 Å². The van der Waals surface area contributed by atoms with Gasteiger partial charge in [-0.25, -0.2) is 0 Å². The first-order valence-corrected chi connectivity index (χ1v) is 27.0. The number of benzene rings is 14. The quantitative estimate of drug-likeness (QED) is 0.156. The van der Waals surface area contributed by atoms with Crippen LogP contribution in [0.2, 0.25) is 0 Å². The van der Waals surface area contributed by atoms with Crippen LogP contribution >= 0.6 is 0 Å². The van der Waals surface area contributed by atoms with E-state index in [-0.39, 0.29) is 0 Å². The van der Waals surface area contributed by atoms with Crippen LogP contribution < -0.4 is 0 Å². The molecule has 0 bridgehead atoms. The highest BCUT2D eigenvalue weighted by Gasteiger charge is 2.23. The molecular weight excluding hydrogens is 961 g/mol. The summed E-state index contributed by atoms with van der Waals surface area (Å²) in [6, 6.07) is 96.4. The van der Waals surface area contributed by atoms with Gasteiger partial charge in [0.05, 0.1) is 0 Å². The fourth-order valence-corrected chi connectivity index (χ4v) is 13.1. The first-order valence-electron chi connectivity index (χ1n) is 27.0. The van der Waals surface area contributed by atoms with E-state index in [9.17, 15) is 0 Å². The number of hydrogen-bond donors (Lipinski definition) is 0. The molecule has 17 rings (SSSR count). The van der Waals surface area contributed by atoms with Gasteiger partial charge in [-0.2, -0.15) is 0 Å². The number of furan rings is 3. The van der Waals surface area contributed by atoms with Gasteiger partial charge < -0.3 is 13.3 Å². The molecule has 0 saturated carbocycles. The number of hydrogen-bond acceptors (Lipinski definition) is 3. The van der Waals surface area contributed by atoms with E-state index in [0.29, 0.717) is 0 Å². The van der Waals surface area contributed by atoms with E-state index >= 15 is 0 Å². The van der Waals surface area contributed by atoms with Crippen molar-refractivity contribution in [3.63, 3.8) is 0 Å². The first kappa shape index (κ1) is 43.7. The number of fused-ring (bicyclic) bond motifs is 13. The Labute approximate surface area is 453 Å². The van der Waals surface area contributed by atoms with Crippen molar-refractivity contribution in [1.82, 2.24) is 0 Å². The van der Waals surface area contributed by atoms with Gasteiger partial charge in [0.2, 0.25) is 0 Å². The lowest BCUT2D eigenvalue weighted by atomic mass is 9.85. The molecule has 0 saturated heterocycles. The molecule has 0 N–H and O–H groups in total. The molecule has 3 nitrogen and oxygen atoms in total. The van der Waals surface area contributed by atoms with Crippen LogP contribution in [0.25, 0.3) is 176 Å². The fourth-order valence-electron chi connectivity index (χ4n) is 13.1. The molecule has 0 spiro atoms. The summed E-state index contributed by atoms with van der Waals surface area (Å²) in [5.74, 6) is 0. The van der Waals surface area contributed by atoms with Crippen LogP contribution in [0.5, 0.6) is 0 Å². The molecule has 3 heteroatoms. The van der Waals surface area contributed by atoms with E-state index < -0.39 is 0 Å². The topological polar surface area (TPSA) is 39.4 Å². The smallest absolute Gasteiger partial charge is 0.143 e. The maximum absolute atomic E-state index is 7.24. The Kier molecular flexibility index (Phi) is 9.42.